The number of aromatic nitrogens is 2. The summed E-state index contributed by atoms with van der Waals surface area (Å²) >= 11 is 0. The van der Waals surface area contributed by atoms with Crippen molar-refractivity contribution in [3.63, 3.8) is 0 Å². The van der Waals surface area contributed by atoms with Gasteiger partial charge in [-0.15, -0.1) is 0 Å². The van der Waals surface area contributed by atoms with Crippen LogP contribution in [0.2, 0.25) is 0 Å². The first-order valence-corrected chi connectivity index (χ1v) is 12.2. The highest BCUT2D eigenvalue weighted by molar-refractivity contribution is 5.96. The monoisotopic (exact) mass is 485 g/mol. The van der Waals surface area contributed by atoms with Gasteiger partial charge in [0.15, 0.2) is 11.6 Å². The molecule has 7 heteroatoms. The topological polar surface area (TPSA) is 65.4 Å². The number of anilines is 1. The molecule has 3 aromatic carbocycles. The Morgan fingerprint density at radius 2 is 1.72 bits per heavy atom. The quantitative estimate of drug-likeness (QED) is 0.306. The molecule has 1 fully saturated rings. The molecule has 6 nitrogen and oxygen atoms in total. The predicted octanol–water partition coefficient (Wildman–Crippen LogP) is 6.22. The van der Waals surface area contributed by atoms with E-state index in [2.05, 4.69) is 5.32 Å². The average Bonchev–Trinajstić information content (AvgIpc) is 3.58. The first kappa shape index (κ1) is 23.6. The summed E-state index contributed by atoms with van der Waals surface area (Å²) in [5, 5.41) is 7.82. The maximum atomic E-state index is 14.7. The largest absolute Gasteiger partial charge is 0.492 e. The van der Waals surface area contributed by atoms with Gasteiger partial charge in [-0.05, 0) is 62.7 Å². The maximum Gasteiger partial charge on any atom is 0.228 e. The minimum atomic E-state index is -0.438. The van der Waals surface area contributed by atoms with Crippen molar-refractivity contribution in [1.82, 2.24) is 9.78 Å². The van der Waals surface area contributed by atoms with Crippen molar-refractivity contribution in [2.24, 2.45) is 5.92 Å². The maximum absolute atomic E-state index is 14.7. The van der Waals surface area contributed by atoms with Crippen LogP contribution in [-0.2, 0) is 4.79 Å². The molecule has 2 atom stereocenters. The van der Waals surface area contributed by atoms with Crippen molar-refractivity contribution in [1.29, 1.82) is 0 Å². The molecule has 0 radical (unpaired) electrons. The van der Waals surface area contributed by atoms with E-state index < -0.39 is 5.82 Å². The Kier molecular flexibility index (Phi) is 6.71. The summed E-state index contributed by atoms with van der Waals surface area (Å²) < 4.78 is 27.5. The zero-order chi connectivity index (χ0) is 25.1. The van der Waals surface area contributed by atoms with Crippen LogP contribution >= 0.6 is 0 Å². The predicted molar refractivity (Wildman–Crippen MR) is 137 cm³/mol. The fraction of sp³-hybridized carbons (Fsp3) is 0.241. The zero-order valence-electron chi connectivity index (χ0n) is 20.3. The first-order chi connectivity index (χ1) is 17.6. The van der Waals surface area contributed by atoms with E-state index in [-0.39, 0.29) is 23.5 Å². The normalized spacial score (nSPS) is 16.4. The molecule has 0 saturated heterocycles. The van der Waals surface area contributed by atoms with Crippen LogP contribution in [0.15, 0.2) is 79.0 Å². The van der Waals surface area contributed by atoms with Crippen LogP contribution in [0.1, 0.15) is 31.7 Å². The smallest absolute Gasteiger partial charge is 0.228 e. The van der Waals surface area contributed by atoms with Gasteiger partial charge in [0.05, 0.1) is 30.3 Å². The molecule has 0 aliphatic heterocycles. The van der Waals surface area contributed by atoms with E-state index in [9.17, 15) is 9.18 Å². The summed E-state index contributed by atoms with van der Waals surface area (Å²) in [6, 6.07) is 22.0. The number of carbonyl (C=O) groups excluding carboxylic acids is 1. The minimum Gasteiger partial charge on any atom is -0.492 e. The Bertz CT molecular complexity index is 1370. The number of amides is 1. The number of nitrogens with one attached hydrogen (secondary N) is 1. The van der Waals surface area contributed by atoms with Gasteiger partial charge in [0.1, 0.15) is 5.75 Å². The Balaban J connectivity index is 1.44. The summed E-state index contributed by atoms with van der Waals surface area (Å²) in [5.41, 5.74) is 3.78. The lowest BCUT2D eigenvalue weighted by Crippen LogP contribution is -2.15. The van der Waals surface area contributed by atoms with E-state index in [1.54, 1.807) is 10.7 Å². The lowest BCUT2D eigenvalue weighted by molar-refractivity contribution is -0.117. The second-order valence-electron chi connectivity index (χ2n) is 8.66. The average molecular weight is 486 g/mol. The SMILES string of the molecule is CCOc1ccc(-c2nn(-c3ccccc3)cc2C2CC2C(=O)Nc2ccccc2OCC)cc1F. The molecule has 36 heavy (non-hydrogen) atoms. The molecule has 1 amide bonds. The van der Waals surface area contributed by atoms with Crippen molar-refractivity contribution < 1.29 is 18.7 Å². The van der Waals surface area contributed by atoms with Crippen molar-refractivity contribution in [2.75, 3.05) is 18.5 Å². The number of para-hydroxylation sites is 3. The molecule has 2 unspecified atom stereocenters. The standard InChI is InChI=1S/C29H28FN3O3/c1-3-35-26-15-14-19(16-24(26)30)28-23(18-33(32-28)20-10-6-5-7-11-20)21-17-22(21)29(34)31-25-12-8-9-13-27(25)36-4-2/h5-16,18,21-22H,3-4,17H2,1-2H3,(H,31,34). The fourth-order valence-electron chi connectivity index (χ4n) is 4.42. The van der Waals surface area contributed by atoms with Gasteiger partial charge in [0, 0.05) is 29.2 Å². The van der Waals surface area contributed by atoms with Crippen molar-refractivity contribution >= 4 is 11.6 Å². The Hall–Kier alpha value is -4.13. The number of ether oxygens (including phenoxy) is 2. The minimum absolute atomic E-state index is 0.0219. The molecule has 184 valence electrons. The van der Waals surface area contributed by atoms with Crippen molar-refractivity contribution in [2.45, 2.75) is 26.2 Å². The number of carbonyl (C=O) groups is 1. The van der Waals surface area contributed by atoms with E-state index in [0.29, 0.717) is 42.3 Å². The van der Waals surface area contributed by atoms with E-state index in [1.807, 2.05) is 80.7 Å². The van der Waals surface area contributed by atoms with Gasteiger partial charge in [-0.2, -0.15) is 5.10 Å². The molecular weight excluding hydrogens is 457 g/mol. The Labute approximate surface area is 209 Å². The summed E-state index contributed by atoms with van der Waals surface area (Å²) in [6.45, 7) is 4.62. The first-order valence-electron chi connectivity index (χ1n) is 12.2. The Morgan fingerprint density at radius 3 is 2.47 bits per heavy atom. The van der Waals surface area contributed by atoms with E-state index in [0.717, 1.165) is 11.3 Å². The highest BCUT2D eigenvalue weighted by Gasteiger charge is 2.46. The van der Waals surface area contributed by atoms with Gasteiger partial charge in [-0.25, -0.2) is 9.07 Å². The molecule has 1 aliphatic carbocycles. The highest BCUT2D eigenvalue weighted by atomic mass is 19.1. The van der Waals surface area contributed by atoms with E-state index >= 15 is 0 Å². The van der Waals surface area contributed by atoms with Gasteiger partial charge in [-0.3, -0.25) is 4.79 Å². The molecule has 0 spiro atoms. The number of hydrogen-bond acceptors (Lipinski definition) is 4. The van der Waals surface area contributed by atoms with Gasteiger partial charge >= 0.3 is 0 Å². The van der Waals surface area contributed by atoms with Crippen LogP contribution < -0.4 is 14.8 Å². The molecule has 1 aromatic heterocycles. The summed E-state index contributed by atoms with van der Waals surface area (Å²) in [6.07, 6.45) is 2.64. The molecular formula is C29H28FN3O3. The molecule has 4 aromatic rings. The van der Waals surface area contributed by atoms with E-state index in [1.165, 1.54) is 6.07 Å². The van der Waals surface area contributed by atoms with Crippen LogP contribution in [0, 0.1) is 11.7 Å². The van der Waals surface area contributed by atoms with Crippen molar-refractivity contribution in [3.8, 4) is 28.4 Å². The molecule has 5 rings (SSSR count). The van der Waals surface area contributed by atoms with Gasteiger partial charge in [0.25, 0.3) is 0 Å². The second kappa shape index (κ2) is 10.2. The number of nitrogens with zero attached hydrogens (tertiary/aromatic N) is 2. The fourth-order valence-corrected chi connectivity index (χ4v) is 4.42. The van der Waals surface area contributed by atoms with Crippen LogP contribution in [0.25, 0.3) is 16.9 Å². The van der Waals surface area contributed by atoms with Crippen LogP contribution in [0.4, 0.5) is 10.1 Å². The highest BCUT2D eigenvalue weighted by Crippen LogP contribution is 2.51. The van der Waals surface area contributed by atoms with Crippen LogP contribution in [-0.4, -0.2) is 28.9 Å². The Morgan fingerprint density at radius 1 is 1.00 bits per heavy atom. The molecule has 0 bridgehead atoms. The summed E-state index contributed by atoms with van der Waals surface area (Å²) in [7, 11) is 0. The number of hydrogen-bond donors (Lipinski definition) is 1. The third-order valence-electron chi connectivity index (χ3n) is 6.24. The number of benzene rings is 3. The van der Waals surface area contributed by atoms with Crippen molar-refractivity contribution in [3.05, 3.63) is 90.4 Å². The molecule has 1 N–H and O–H groups in total. The lowest BCUT2D eigenvalue weighted by atomic mass is 10.0. The second-order valence-corrected chi connectivity index (χ2v) is 8.66. The van der Waals surface area contributed by atoms with Gasteiger partial charge in [0.2, 0.25) is 5.91 Å². The van der Waals surface area contributed by atoms with Gasteiger partial charge in [-0.1, -0.05) is 30.3 Å². The third-order valence-corrected chi connectivity index (χ3v) is 6.24. The number of rotatable bonds is 9. The van der Waals surface area contributed by atoms with E-state index in [4.69, 9.17) is 14.6 Å². The summed E-state index contributed by atoms with van der Waals surface area (Å²) in [4.78, 5) is 13.1. The van der Waals surface area contributed by atoms with Gasteiger partial charge < -0.3 is 14.8 Å². The molecule has 1 saturated carbocycles. The third kappa shape index (κ3) is 4.82. The summed E-state index contributed by atoms with van der Waals surface area (Å²) in [5.74, 6) is 0.122. The molecule has 1 aliphatic rings. The lowest BCUT2D eigenvalue weighted by Gasteiger charge is -2.11. The van der Waals surface area contributed by atoms with Crippen LogP contribution in [0.3, 0.4) is 0 Å². The molecule has 1 heterocycles. The zero-order valence-corrected chi connectivity index (χ0v) is 20.3. The number of halogens is 1. The van der Waals surface area contributed by atoms with Crippen LogP contribution in [0.5, 0.6) is 11.5 Å².